The Kier molecular flexibility index (Phi) is 3.36. The Morgan fingerprint density at radius 2 is 1.94 bits per heavy atom. The van der Waals surface area contributed by atoms with Gasteiger partial charge in [0.2, 0.25) is 0 Å². The van der Waals surface area contributed by atoms with Gasteiger partial charge in [-0.05, 0) is 17.0 Å². The predicted octanol–water partition coefficient (Wildman–Crippen LogP) is 3.43. The maximum absolute atomic E-state index is 8.96. The van der Waals surface area contributed by atoms with E-state index in [0.29, 0.717) is 5.92 Å². The molecular formula is C13H15NOS. The molecule has 1 N–H and O–H groups in total. The molecule has 16 heavy (non-hydrogen) atoms. The SMILES string of the molecule is CC(C)c1ccc(-c2cnc(CO)s2)cc1. The van der Waals surface area contributed by atoms with Crippen LogP contribution in [0.3, 0.4) is 0 Å². The molecule has 2 rings (SSSR count). The van der Waals surface area contributed by atoms with Crippen LogP contribution < -0.4 is 0 Å². The largest absolute Gasteiger partial charge is 0.389 e. The number of nitrogens with zero attached hydrogens (tertiary/aromatic N) is 1. The molecule has 0 amide bonds. The molecule has 0 aliphatic heterocycles. The van der Waals surface area contributed by atoms with Crippen molar-refractivity contribution in [1.29, 1.82) is 0 Å². The molecule has 0 aliphatic rings. The van der Waals surface area contributed by atoms with Crippen LogP contribution in [0.5, 0.6) is 0 Å². The van der Waals surface area contributed by atoms with Crippen molar-refractivity contribution >= 4 is 11.3 Å². The van der Waals surface area contributed by atoms with Gasteiger partial charge in [0, 0.05) is 6.20 Å². The molecule has 0 radical (unpaired) electrons. The second kappa shape index (κ2) is 4.76. The first-order valence-corrected chi connectivity index (χ1v) is 6.18. The summed E-state index contributed by atoms with van der Waals surface area (Å²) in [5.74, 6) is 0.559. The van der Waals surface area contributed by atoms with E-state index in [9.17, 15) is 0 Å². The van der Waals surface area contributed by atoms with E-state index >= 15 is 0 Å². The van der Waals surface area contributed by atoms with Gasteiger partial charge in [0.1, 0.15) is 5.01 Å². The first-order chi connectivity index (χ1) is 7.70. The smallest absolute Gasteiger partial charge is 0.119 e. The maximum Gasteiger partial charge on any atom is 0.119 e. The molecule has 0 aliphatic carbocycles. The molecule has 0 spiro atoms. The van der Waals surface area contributed by atoms with Gasteiger partial charge in [-0.3, -0.25) is 0 Å². The van der Waals surface area contributed by atoms with Crippen LogP contribution in [-0.2, 0) is 6.61 Å². The van der Waals surface area contributed by atoms with E-state index in [-0.39, 0.29) is 6.61 Å². The zero-order valence-corrected chi connectivity index (χ0v) is 10.3. The fourth-order valence-electron chi connectivity index (χ4n) is 1.55. The highest BCUT2D eigenvalue weighted by atomic mass is 32.1. The number of aliphatic hydroxyl groups is 1. The van der Waals surface area contributed by atoms with Crippen molar-refractivity contribution in [3.63, 3.8) is 0 Å². The van der Waals surface area contributed by atoms with Gasteiger partial charge in [-0.25, -0.2) is 4.98 Å². The van der Waals surface area contributed by atoms with E-state index in [1.807, 2.05) is 6.20 Å². The van der Waals surface area contributed by atoms with Crippen LogP contribution in [0, 0.1) is 0 Å². The average Bonchev–Trinajstić information content (AvgIpc) is 2.77. The Balaban J connectivity index is 2.27. The fraction of sp³-hybridized carbons (Fsp3) is 0.308. The minimum absolute atomic E-state index is 0.0226. The molecule has 2 nitrogen and oxygen atoms in total. The number of aromatic nitrogens is 1. The molecule has 0 saturated heterocycles. The third-order valence-corrected chi connectivity index (χ3v) is 3.58. The third kappa shape index (κ3) is 2.31. The summed E-state index contributed by atoms with van der Waals surface area (Å²) in [6, 6.07) is 8.53. The Morgan fingerprint density at radius 1 is 1.25 bits per heavy atom. The second-order valence-corrected chi connectivity index (χ2v) is 5.17. The number of aliphatic hydroxyl groups excluding tert-OH is 1. The predicted molar refractivity (Wildman–Crippen MR) is 67.6 cm³/mol. The van der Waals surface area contributed by atoms with E-state index in [1.165, 1.54) is 22.5 Å². The highest BCUT2D eigenvalue weighted by molar-refractivity contribution is 7.15. The van der Waals surface area contributed by atoms with Crippen molar-refractivity contribution in [2.45, 2.75) is 26.4 Å². The maximum atomic E-state index is 8.96. The quantitative estimate of drug-likeness (QED) is 0.881. The zero-order valence-electron chi connectivity index (χ0n) is 9.47. The first-order valence-electron chi connectivity index (χ1n) is 5.36. The minimum Gasteiger partial charge on any atom is -0.389 e. The van der Waals surface area contributed by atoms with Crippen molar-refractivity contribution in [2.24, 2.45) is 0 Å². The van der Waals surface area contributed by atoms with E-state index in [1.54, 1.807) is 0 Å². The summed E-state index contributed by atoms with van der Waals surface area (Å²) in [4.78, 5) is 5.25. The molecule has 1 aromatic heterocycles. The molecule has 1 aromatic carbocycles. The summed E-state index contributed by atoms with van der Waals surface area (Å²) < 4.78 is 0. The van der Waals surface area contributed by atoms with E-state index in [4.69, 9.17) is 5.11 Å². The van der Waals surface area contributed by atoms with Gasteiger partial charge in [0.05, 0.1) is 11.5 Å². The van der Waals surface area contributed by atoms with Crippen molar-refractivity contribution in [2.75, 3.05) is 0 Å². The molecule has 3 heteroatoms. The second-order valence-electron chi connectivity index (χ2n) is 4.05. The third-order valence-electron chi connectivity index (χ3n) is 2.55. The highest BCUT2D eigenvalue weighted by Gasteiger charge is 2.04. The van der Waals surface area contributed by atoms with Crippen LogP contribution in [0.1, 0.15) is 30.3 Å². The number of thiazole rings is 1. The van der Waals surface area contributed by atoms with Crippen LogP contribution in [0.4, 0.5) is 0 Å². The lowest BCUT2D eigenvalue weighted by Gasteiger charge is -2.05. The van der Waals surface area contributed by atoms with Gasteiger partial charge in [0.15, 0.2) is 0 Å². The number of hydrogen-bond donors (Lipinski definition) is 1. The summed E-state index contributed by atoms with van der Waals surface area (Å²) in [5.41, 5.74) is 2.51. The van der Waals surface area contributed by atoms with Crippen LogP contribution in [0.2, 0.25) is 0 Å². The van der Waals surface area contributed by atoms with Crippen molar-refractivity contribution in [3.8, 4) is 10.4 Å². The number of rotatable bonds is 3. The van der Waals surface area contributed by atoms with Gasteiger partial charge in [0.25, 0.3) is 0 Å². The Labute approximate surface area is 99.6 Å². The lowest BCUT2D eigenvalue weighted by atomic mass is 10.0. The molecule has 84 valence electrons. The minimum atomic E-state index is 0.0226. The Hall–Kier alpha value is -1.19. The Bertz CT molecular complexity index is 459. The molecule has 0 unspecified atom stereocenters. The van der Waals surface area contributed by atoms with Crippen LogP contribution in [-0.4, -0.2) is 10.1 Å². The summed E-state index contributed by atoms with van der Waals surface area (Å²) in [5, 5.41) is 9.73. The Morgan fingerprint density at radius 3 is 2.44 bits per heavy atom. The van der Waals surface area contributed by atoms with Crippen LogP contribution in [0.15, 0.2) is 30.5 Å². The van der Waals surface area contributed by atoms with Crippen LogP contribution in [0.25, 0.3) is 10.4 Å². The van der Waals surface area contributed by atoms with Gasteiger partial charge in [-0.2, -0.15) is 0 Å². The standard InChI is InChI=1S/C13H15NOS/c1-9(2)10-3-5-11(6-4-10)12-7-14-13(8-15)16-12/h3-7,9,15H,8H2,1-2H3. The molecule has 0 saturated carbocycles. The average molecular weight is 233 g/mol. The lowest BCUT2D eigenvalue weighted by molar-refractivity contribution is 0.281. The van der Waals surface area contributed by atoms with E-state index < -0.39 is 0 Å². The molecule has 1 heterocycles. The van der Waals surface area contributed by atoms with Gasteiger partial charge >= 0.3 is 0 Å². The number of benzene rings is 1. The molecule has 0 fully saturated rings. The summed E-state index contributed by atoms with van der Waals surface area (Å²) in [6.45, 7) is 4.39. The van der Waals surface area contributed by atoms with Gasteiger partial charge < -0.3 is 5.11 Å². The van der Waals surface area contributed by atoms with Crippen molar-refractivity contribution in [1.82, 2.24) is 4.98 Å². The molecule has 2 aromatic rings. The fourth-order valence-corrected chi connectivity index (χ4v) is 2.33. The monoisotopic (exact) mass is 233 g/mol. The normalized spacial score (nSPS) is 11.0. The summed E-state index contributed by atoms with van der Waals surface area (Å²) in [7, 11) is 0. The molecule has 0 bridgehead atoms. The lowest BCUT2D eigenvalue weighted by Crippen LogP contribution is -1.85. The molecule has 0 atom stereocenters. The van der Waals surface area contributed by atoms with Gasteiger partial charge in [-0.1, -0.05) is 38.1 Å². The van der Waals surface area contributed by atoms with Gasteiger partial charge in [-0.15, -0.1) is 11.3 Å². The highest BCUT2D eigenvalue weighted by Crippen LogP contribution is 2.27. The van der Waals surface area contributed by atoms with Crippen LogP contribution >= 0.6 is 11.3 Å². The first kappa shape index (κ1) is 11.3. The molecular weight excluding hydrogens is 218 g/mol. The topological polar surface area (TPSA) is 33.1 Å². The van der Waals surface area contributed by atoms with E-state index in [0.717, 1.165) is 9.88 Å². The summed E-state index contributed by atoms with van der Waals surface area (Å²) in [6.07, 6.45) is 1.82. The zero-order chi connectivity index (χ0) is 11.5. The van der Waals surface area contributed by atoms with Crippen molar-refractivity contribution < 1.29 is 5.11 Å². The van der Waals surface area contributed by atoms with E-state index in [2.05, 4.69) is 43.1 Å². The summed E-state index contributed by atoms with van der Waals surface area (Å²) >= 11 is 1.54. The van der Waals surface area contributed by atoms with Crippen molar-refractivity contribution in [3.05, 3.63) is 41.0 Å². The number of hydrogen-bond acceptors (Lipinski definition) is 3.